The number of rotatable bonds is 0. The van der Waals surface area contributed by atoms with Gasteiger partial charge in [0.2, 0.25) is 0 Å². The van der Waals surface area contributed by atoms with Crippen molar-refractivity contribution in [3.63, 3.8) is 0 Å². The molecule has 1 aliphatic heterocycles. The second-order valence-electron chi connectivity index (χ2n) is 5.58. The molecular weight excluding hydrogens is 212 g/mol. The van der Waals surface area contributed by atoms with Gasteiger partial charge in [-0.25, -0.2) is 4.79 Å². The van der Waals surface area contributed by atoms with E-state index < -0.39 is 0 Å². The monoisotopic (exact) mass is 230 g/mol. The smallest absolute Gasteiger partial charge is 0.338 e. The van der Waals surface area contributed by atoms with E-state index in [2.05, 4.69) is 13.0 Å². The van der Waals surface area contributed by atoms with E-state index in [4.69, 9.17) is 4.74 Å². The lowest BCUT2D eigenvalue weighted by Gasteiger charge is -2.42. The fourth-order valence-corrected chi connectivity index (χ4v) is 3.21. The van der Waals surface area contributed by atoms with Gasteiger partial charge in [-0.1, -0.05) is 25.1 Å². The molecule has 0 aromatic heterocycles. The molecule has 1 aliphatic carbocycles. The lowest BCUT2D eigenvalue weighted by molar-refractivity contribution is 0.0257. The summed E-state index contributed by atoms with van der Waals surface area (Å²) < 4.78 is 5.39. The van der Waals surface area contributed by atoms with Gasteiger partial charge in [-0.15, -0.1) is 0 Å². The number of carbonyl (C=O) groups is 1. The fraction of sp³-hybridized carbons (Fsp3) is 0.533. The van der Waals surface area contributed by atoms with Crippen molar-refractivity contribution in [2.24, 2.45) is 5.92 Å². The van der Waals surface area contributed by atoms with Crippen LogP contribution in [0, 0.1) is 5.92 Å². The van der Waals surface area contributed by atoms with Gasteiger partial charge < -0.3 is 4.74 Å². The Kier molecular flexibility index (Phi) is 2.46. The molecule has 17 heavy (non-hydrogen) atoms. The first-order chi connectivity index (χ1) is 8.21. The van der Waals surface area contributed by atoms with Gasteiger partial charge in [0.05, 0.1) is 5.56 Å². The number of esters is 1. The summed E-state index contributed by atoms with van der Waals surface area (Å²) in [7, 11) is 0. The van der Waals surface area contributed by atoms with Crippen molar-refractivity contribution in [2.75, 3.05) is 6.61 Å². The molecule has 1 fully saturated rings. The number of carbonyl (C=O) groups excluding carboxylic acids is 1. The van der Waals surface area contributed by atoms with Crippen molar-refractivity contribution in [1.29, 1.82) is 0 Å². The van der Waals surface area contributed by atoms with E-state index in [0.717, 1.165) is 24.3 Å². The number of fused-ring (bicyclic) bond motifs is 2. The molecule has 0 amide bonds. The number of cyclic esters (lactones) is 1. The minimum absolute atomic E-state index is 0.108. The zero-order valence-electron chi connectivity index (χ0n) is 10.2. The average Bonchev–Trinajstić information content (AvgIpc) is 2.38. The highest BCUT2D eigenvalue weighted by Gasteiger charge is 2.42. The summed E-state index contributed by atoms with van der Waals surface area (Å²) in [5.41, 5.74) is 2.12. The molecule has 1 spiro atoms. The summed E-state index contributed by atoms with van der Waals surface area (Å²) in [6.07, 6.45) is 4.79. The van der Waals surface area contributed by atoms with Crippen LogP contribution in [0.3, 0.4) is 0 Å². The van der Waals surface area contributed by atoms with E-state index in [1.807, 2.05) is 18.2 Å². The van der Waals surface area contributed by atoms with E-state index in [1.165, 1.54) is 18.4 Å². The first-order valence-corrected chi connectivity index (χ1v) is 6.48. The maximum absolute atomic E-state index is 11.8. The summed E-state index contributed by atoms with van der Waals surface area (Å²) >= 11 is 0. The number of hydrogen-bond donors (Lipinski definition) is 0. The zero-order chi connectivity index (χ0) is 11.9. The Morgan fingerprint density at radius 3 is 2.71 bits per heavy atom. The van der Waals surface area contributed by atoms with E-state index >= 15 is 0 Å². The third-order valence-electron chi connectivity index (χ3n) is 4.43. The summed E-state index contributed by atoms with van der Waals surface area (Å²) in [6, 6.07) is 7.98. The van der Waals surface area contributed by atoms with Gasteiger partial charge in [0, 0.05) is 5.41 Å². The minimum atomic E-state index is -0.148. The van der Waals surface area contributed by atoms with Crippen LogP contribution in [0.25, 0.3) is 0 Å². The number of ether oxygens (including phenoxy) is 1. The van der Waals surface area contributed by atoms with Gasteiger partial charge in [-0.2, -0.15) is 0 Å². The Hall–Kier alpha value is -1.31. The third kappa shape index (κ3) is 1.67. The molecule has 1 saturated carbocycles. The Labute approximate surface area is 102 Å². The molecule has 90 valence electrons. The van der Waals surface area contributed by atoms with Crippen LogP contribution in [-0.2, 0) is 10.2 Å². The zero-order valence-corrected chi connectivity index (χ0v) is 10.2. The molecule has 2 heteroatoms. The van der Waals surface area contributed by atoms with Crippen molar-refractivity contribution in [1.82, 2.24) is 0 Å². The van der Waals surface area contributed by atoms with Crippen molar-refractivity contribution in [2.45, 2.75) is 38.0 Å². The second-order valence-corrected chi connectivity index (χ2v) is 5.58. The first kappa shape index (κ1) is 10.8. The highest BCUT2D eigenvalue weighted by Crippen LogP contribution is 2.45. The van der Waals surface area contributed by atoms with Gasteiger partial charge in [0.25, 0.3) is 0 Å². The van der Waals surface area contributed by atoms with Gasteiger partial charge in [0.15, 0.2) is 0 Å². The molecule has 0 unspecified atom stereocenters. The van der Waals surface area contributed by atoms with Gasteiger partial charge in [-0.3, -0.25) is 0 Å². The second kappa shape index (κ2) is 3.86. The Bertz CT molecular complexity index is 442. The molecule has 0 N–H and O–H groups in total. The lowest BCUT2D eigenvalue weighted by Crippen LogP contribution is -2.41. The predicted octanol–water partition coefficient (Wildman–Crippen LogP) is 3.30. The minimum Gasteiger partial charge on any atom is -0.461 e. The van der Waals surface area contributed by atoms with Crippen molar-refractivity contribution >= 4 is 5.97 Å². The molecule has 0 saturated heterocycles. The molecule has 0 bridgehead atoms. The quantitative estimate of drug-likeness (QED) is 0.639. The highest BCUT2D eigenvalue weighted by atomic mass is 16.5. The normalized spacial score (nSPS) is 32.1. The average molecular weight is 230 g/mol. The summed E-state index contributed by atoms with van der Waals surface area (Å²) in [4.78, 5) is 11.8. The van der Waals surface area contributed by atoms with Gasteiger partial charge in [0.1, 0.15) is 6.61 Å². The molecule has 2 nitrogen and oxygen atoms in total. The Morgan fingerprint density at radius 1 is 1.24 bits per heavy atom. The standard InChI is InChI=1S/C15H18O2/c1-11-6-8-15(9-7-11)10-17-14(16)12-4-2-3-5-13(12)15/h2-5,11H,6-10H2,1H3. The SMILES string of the molecule is CC1CCC2(CC1)COC(=O)c1ccccc12. The lowest BCUT2D eigenvalue weighted by atomic mass is 9.65. The molecule has 2 aliphatic rings. The maximum atomic E-state index is 11.8. The van der Waals surface area contributed by atoms with Crippen LogP contribution in [0.15, 0.2) is 24.3 Å². The predicted molar refractivity (Wildman–Crippen MR) is 66.0 cm³/mol. The maximum Gasteiger partial charge on any atom is 0.338 e. The first-order valence-electron chi connectivity index (χ1n) is 6.48. The molecule has 0 atom stereocenters. The van der Waals surface area contributed by atoms with Crippen molar-refractivity contribution in [3.8, 4) is 0 Å². The van der Waals surface area contributed by atoms with Crippen LogP contribution in [0.1, 0.15) is 48.5 Å². The van der Waals surface area contributed by atoms with E-state index in [9.17, 15) is 4.79 Å². The fourth-order valence-electron chi connectivity index (χ4n) is 3.21. The van der Waals surface area contributed by atoms with Crippen LogP contribution in [0.4, 0.5) is 0 Å². The van der Waals surface area contributed by atoms with Crippen LogP contribution >= 0.6 is 0 Å². The molecule has 1 aromatic rings. The van der Waals surface area contributed by atoms with Gasteiger partial charge in [-0.05, 0) is 43.2 Å². The van der Waals surface area contributed by atoms with Gasteiger partial charge >= 0.3 is 5.97 Å². The molecule has 1 heterocycles. The van der Waals surface area contributed by atoms with Crippen molar-refractivity contribution in [3.05, 3.63) is 35.4 Å². The Morgan fingerprint density at radius 2 is 1.94 bits per heavy atom. The van der Waals surface area contributed by atoms with Crippen LogP contribution < -0.4 is 0 Å². The third-order valence-corrected chi connectivity index (χ3v) is 4.43. The number of hydrogen-bond acceptors (Lipinski definition) is 2. The van der Waals surface area contributed by atoms with Crippen LogP contribution in [0.5, 0.6) is 0 Å². The largest absolute Gasteiger partial charge is 0.461 e. The van der Waals surface area contributed by atoms with E-state index in [0.29, 0.717) is 6.61 Å². The number of benzene rings is 1. The summed E-state index contributed by atoms with van der Waals surface area (Å²) in [5, 5.41) is 0. The van der Waals surface area contributed by atoms with Crippen LogP contribution in [0.2, 0.25) is 0 Å². The molecular formula is C15H18O2. The van der Waals surface area contributed by atoms with Crippen LogP contribution in [-0.4, -0.2) is 12.6 Å². The van der Waals surface area contributed by atoms with E-state index in [-0.39, 0.29) is 11.4 Å². The summed E-state index contributed by atoms with van der Waals surface area (Å²) in [6.45, 7) is 2.89. The Balaban J connectivity index is 2.03. The van der Waals surface area contributed by atoms with Crippen molar-refractivity contribution < 1.29 is 9.53 Å². The highest BCUT2D eigenvalue weighted by molar-refractivity contribution is 5.92. The molecule has 1 aromatic carbocycles. The molecule has 0 radical (unpaired) electrons. The van der Waals surface area contributed by atoms with E-state index in [1.54, 1.807) is 0 Å². The molecule has 3 rings (SSSR count). The summed E-state index contributed by atoms with van der Waals surface area (Å²) in [5.74, 6) is 0.662. The topological polar surface area (TPSA) is 26.3 Å².